The van der Waals surface area contributed by atoms with E-state index in [1.165, 1.54) is 7.11 Å². The molecule has 26 heavy (non-hydrogen) atoms. The van der Waals surface area contributed by atoms with Crippen molar-refractivity contribution < 1.29 is 19.1 Å². The lowest BCUT2D eigenvalue weighted by Gasteiger charge is -2.33. The summed E-state index contributed by atoms with van der Waals surface area (Å²) in [5.74, 6) is -0.549. The van der Waals surface area contributed by atoms with Crippen LogP contribution in [0.15, 0.2) is 0 Å². The van der Waals surface area contributed by atoms with Crippen molar-refractivity contribution in [2.24, 2.45) is 5.92 Å². The zero-order chi connectivity index (χ0) is 18.8. The van der Waals surface area contributed by atoms with Crippen LogP contribution >= 0.6 is 0 Å². The molecule has 0 saturated carbocycles. The number of aryl methyl sites for hydroxylation is 1. The van der Waals surface area contributed by atoms with Crippen molar-refractivity contribution in [2.75, 3.05) is 33.3 Å². The Balaban J connectivity index is 1.75. The minimum Gasteiger partial charge on any atom is -0.465 e. The van der Waals surface area contributed by atoms with Crippen LogP contribution in [0.3, 0.4) is 0 Å². The fourth-order valence-electron chi connectivity index (χ4n) is 4.09. The molecule has 2 saturated heterocycles. The Morgan fingerprint density at radius 2 is 1.69 bits per heavy atom. The van der Waals surface area contributed by atoms with E-state index >= 15 is 0 Å². The number of carbonyl (C=O) groups is 3. The quantitative estimate of drug-likeness (QED) is 0.834. The average Bonchev–Trinajstić information content (AvgIpc) is 3.28. The lowest BCUT2D eigenvalue weighted by atomic mass is 9.96. The van der Waals surface area contributed by atoms with E-state index in [4.69, 9.17) is 4.74 Å². The van der Waals surface area contributed by atoms with Crippen LogP contribution in [0.5, 0.6) is 0 Å². The predicted octanol–water partition coefficient (Wildman–Crippen LogP) is 1.89. The molecule has 7 heteroatoms. The number of aromatic nitrogens is 1. The number of piperidine rings is 1. The van der Waals surface area contributed by atoms with E-state index in [0.717, 1.165) is 38.8 Å². The molecule has 2 aliphatic rings. The summed E-state index contributed by atoms with van der Waals surface area (Å²) in [6.07, 6.45) is 3.78. The number of nitrogens with zero attached hydrogens (tertiary/aromatic N) is 2. The molecule has 0 aliphatic carbocycles. The lowest BCUT2D eigenvalue weighted by molar-refractivity contribution is -0.135. The molecule has 0 radical (unpaired) electrons. The van der Waals surface area contributed by atoms with Crippen molar-refractivity contribution in [1.29, 1.82) is 0 Å². The van der Waals surface area contributed by atoms with Gasteiger partial charge in [0.25, 0.3) is 5.91 Å². The van der Waals surface area contributed by atoms with E-state index in [0.29, 0.717) is 35.6 Å². The predicted molar refractivity (Wildman–Crippen MR) is 96.0 cm³/mol. The minimum absolute atomic E-state index is 0.123. The fourth-order valence-corrected chi connectivity index (χ4v) is 4.09. The molecule has 2 fully saturated rings. The summed E-state index contributed by atoms with van der Waals surface area (Å²) in [7, 11) is 1.33. The number of hydrogen-bond acceptors (Lipinski definition) is 4. The molecule has 0 unspecified atom stereocenters. The van der Waals surface area contributed by atoms with Crippen molar-refractivity contribution in [3.63, 3.8) is 0 Å². The first-order chi connectivity index (χ1) is 12.4. The highest BCUT2D eigenvalue weighted by molar-refractivity contribution is 6.00. The molecular weight excluding hydrogens is 334 g/mol. The van der Waals surface area contributed by atoms with Crippen LogP contribution in [0, 0.1) is 19.8 Å². The number of H-pyrrole nitrogens is 1. The molecule has 142 valence electrons. The summed E-state index contributed by atoms with van der Waals surface area (Å²) >= 11 is 0. The van der Waals surface area contributed by atoms with Gasteiger partial charge in [0, 0.05) is 31.9 Å². The number of rotatable bonds is 3. The molecule has 0 spiro atoms. The van der Waals surface area contributed by atoms with Gasteiger partial charge in [-0.2, -0.15) is 0 Å². The number of esters is 1. The Kier molecular flexibility index (Phi) is 5.34. The number of methoxy groups -OCH3 is 1. The molecule has 3 rings (SSSR count). The molecule has 1 aromatic rings. The second-order valence-electron chi connectivity index (χ2n) is 7.24. The number of ether oxygens (including phenoxy) is 1. The third-order valence-electron chi connectivity index (χ3n) is 5.52. The highest BCUT2D eigenvalue weighted by Gasteiger charge is 2.34. The average molecular weight is 361 g/mol. The first-order valence-electron chi connectivity index (χ1n) is 9.29. The van der Waals surface area contributed by atoms with Gasteiger partial charge in [-0.25, -0.2) is 4.79 Å². The maximum absolute atomic E-state index is 13.0. The van der Waals surface area contributed by atoms with Gasteiger partial charge in [0.1, 0.15) is 5.69 Å². The van der Waals surface area contributed by atoms with Gasteiger partial charge in [-0.05, 0) is 45.1 Å². The van der Waals surface area contributed by atoms with Crippen LogP contribution in [-0.4, -0.2) is 65.9 Å². The maximum atomic E-state index is 13.0. The van der Waals surface area contributed by atoms with Gasteiger partial charge in [-0.15, -0.1) is 0 Å². The first-order valence-corrected chi connectivity index (χ1v) is 9.29. The summed E-state index contributed by atoms with van der Waals surface area (Å²) in [5, 5.41) is 0. The van der Waals surface area contributed by atoms with E-state index < -0.39 is 5.97 Å². The second kappa shape index (κ2) is 7.51. The van der Waals surface area contributed by atoms with Crippen LogP contribution in [0.4, 0.5) is 0 Å². The second-order valence-corrected chi connectivity index (χ2v) is 7.24. The molecule has 1 atom stereocenters. The summed E-state index contributed by atoms with van der Waals surface area (Å²) in [5.41, 5.74) is 2.06. The van der Waals surface area contributed by atoms with E-state index in [9.17, 15) is 14.4 Å². The summed E-state index contributed by atoms with van der Waals surface area (Å²) in [6, 6.07) is 0. The number of carbonyl (C=O) groups excluding carboxylic acids is 3. The van der Waals surface area contributed by atoms with Gasteiger partial charge < -0.3 is 19.5 Å². The van der Waals surface area contributed by atoms with Crippen molar-refractivity contribution >= 4 is 17.8 Å². The van der Waals surface area contributed by atoms with Gasteiger partial charge in [-0.3, -0.25) is 9.59 Å². The molecule has 2 aliphatic heterocycles. The molecule has 1 N–H and O–H groups in total. The van der Waals surface area contributed by atoms with E-state index in [1.54, 1.807) is 18.7 Å². The Hall–Kier alpha value is -2.31. The summed E-state index contributed by atoms with van der Waals surface area (Å²) in [6.45, 7) is 6.25. The van der Waals surface area contributed by atoms with Crippen LogP contribution in [0.2, 0.25) is 0 Å². The Morgan fingerprint density at radius 1 is 1.04 bits per heavy atom. The van der Waals surface area contributed by atoms with Gasteiger partial charge in [0.2, 0.25) is 5.91 Å². The van der Waals surface area contributed by atoms with E-state index in [-0.39, 0.29) is 17.7 Å². The van der Waals surface area contributed by atoms with Crippen LogP contribution in [-0.2, 0) is 9.53 Å². The van der Waals surface area contributed by atoms with Crippen LogP contribution < -0.4 is 0 Å². The van der Waals surface area contributed by atoms with Crippen molar-refractivity contribution in [3.05, 3.63) is 22.5 Å². The van der Waals surface area contributed by atoms with Gasteiger partial charge in [-0.1, -0.05) is 0 Å². The summed E-state index contributed by atoms with van der Waals surface area (Å²) in [4.78, 5) is 44.3. The monoisotopic (exact) mass is 361 g/mol. The molecule has 7 nitrogen and oxygen atoms in total. The van der Waals surface area contributed by atoms with Crippen LogP contribution in [0.1, 0.15) is 57.8 Å². The largest absolute Gasteiger partial charge is 0.465 e. The molecule has 1 aromatic heterocycles. The number of nitrogens with one attached hydrogen (secondary N) is 1. The normalized spacial score (nSPS) is 20.3. The van der Waals surface area contributed by atoms with Crippen molar-refractivity contribution in [1.82, 2.24) is 14.8 Å². The topological polar surface area (TPSA) is 82.7 Å². The van der Waals surface area contributed by atoms with E-state index in [2.05, 4.69) is 4.98 Å². The van der Waals surface area contributed by atoms with E-state index in [1.807, 2.05) is 4.90 Å². The molecule has 2 amide bonds. The number of aromatic amines is 1. The number of hydrogen-bond donors (Lipinski definition) is 1. The SMILES string of the molecule is COC(=O)c1c(C)[nH]c(C(=O)N2CCC[C@@H](C(=O)N3CCCC3)C2)c1C. The highest BCUT2D eigenvalue weighted by Crippen LogP contribution is 2.25. The molecular formula is C19H27N3O4. The van der Waals surface area contributed by atoms with Crippen molar-refractivity contribution in [3.8, 4) is 0 Å². The fraction of sp³-hybridized carbons (Fsp3) is 0.632. The lowest BCUT2D eigenvalue weighted by Crippen LogP contribution is -2.46. The van der Waals surface area contributed by atoms with Crippen molar-refractivity contribution in [2.45, 2.75) is 39.5 Å². The smallest absolute Gasteiger partial charge is 0.339 e. The molecule has 0 bridgehead atoms. The third kappa shape index (κ3) is 3.34. The van der Waals surface area contributed by atoms with Gasteiger partial charge >= 0.3 is 5.97 Å². The zero-order valence-corrected chi connectivity index (χ0v) is 15.8. The molecule has 0 aromatic carbocycles. The summed E-state index contributed by atoms with van der Waals surface area (Å²) < 4.78 is 4.81. The number of amides is 2. The van der Waals surface area contributed by atoms with Gasteiger partial charge in [0.05, 0.1) is 18.6 Å². The number of likely N-dealkylation sites (tertiary alicyclic amines) is 2. The third-order valence-corrected chi connectivity index (χ3v) is 5.52. The van der Waals surface area contributed by atoms with Crippen LogP contribution in [0.25, 0.3) is 0 Å². The Morgan fingerprint density at radius 3 is 2.35 bits per heavy atom. The van der Waals surface area contributed by atoms with Gasteiger partial charge in [0.15, 0.2) is 0 Å². The Labute approximate surface area is 153 Å². The standard InChI is InChI=1S/C19H27N3O4/c1-12-15(19(25)26-3)13(2)20-16(12)18(24)22-10-6-7-14(11-22)17(23)21-8-4-5-9-21/h14,20H,4-11H2,1-3H3/t14-/m1/s1. The highest BCUT2D eigenvalue weighted by atomic mass is 16.5. The zero-order valence-electron chi connectivity index (χ0n) is 15.8. The first kappa shape index (κ1) is 18.5. The minimum atomic E-state index is -0.448. The Bertz CT molecular complexity index is 719. The molecule has 3 heterocycles. The maximum Gasteiger partial charge on any atom is 0.339 e.